The van der Waals surface area contributed by atoms with Crippen molar-refractivity contribution in [3.8, 4) is 5.75 Å². The highest BCUT2D eigenvalue weighted by Gasteiger charge is 2.33. The topological polar surface area (TPSA) is 96.0 Å². The number of hydrogen-bond acceptors (Lipinski definition) is 5. The minimum absolute atomic E-state index is 0.0357. The number of rotatable bonds is 10. The van der Waals surface area contributed by atoms with Gasteiger partial charge in [-0.2, -0.15) is 0 Å². The molecule has 0 fully saturated rings. The van der Waals surface area contributed by atoms with E-state index in [1.54, 1.807) is 49.4 Å². The monoisotopic (exact) mass is 509 g/mol. The number of nitrogens with one attached hydrogen (secondary N) is 1. The SMILES string of the molecule is CNC(=O)C(C)N(Cc1ccccc1C)C(=O)CN(c1ccccc1OC)S(=O)(=O)c1ccccc1. The van der Waals surface area contributed by atoms with Crippen LogP contribution in [0.2, 0.25) is 0 Å². The summed E-state index contributed by atoms with van der Waals surface area (Å²) in [4.78, 5) is 27.8. The van der Waals surface area contributed by atoms with Gasteiger partial charge in [-0.3, -0.25) is 13.9 Å². The van der Waals surface area contributed by atoms with E-state index in [1.165, 1.54) is 31.2 Å². The van der Waals surface area contributed by atoms with Crippen LogP contribution >= 0.6 is 0 Å². The maximum absolute atomic E-state index is 13.8. The number of sulfonamides is 1. The summed E-state index contributed by atoms with van der Waals surface area (Å²) in [6, 6.07) is 21.2. The van der Waals surface area contributed by atoms with Crippen LogP contribution < -0.4 is 14.4 Å². The number of nitrogens with zero attached hydrogens (tertiary/aromatic N) is 2. The lowest BCUT2D eigenvalue weighted by molar-refractivity contribution is -0.139. The molecule has 2 amide bonds. The van der Waals surface area contributed by atoms with Gasteiger partial charge < -0.3 is 15.0 Å². The molecule has 9 heteroatoms. The molecule has 3 aromatic rings. The number of anilines is 1. The highest BCUT2D eigenvalue weighted by Crippen LogP contribution is 2.32. The van der Waals surface area contributed by atoms with E-state index in [-0.39, 0.29) is 23.0 Å². The molecule has 3 rings (SSSR count). The summed E-state index contributed by atoms with van der Waals surface area (Å²) in [6.07, 6.45) is 0. The first kappa shape index (κ1) is 26.7. The fraction of sp³-hybridized carbons (Fsp3) is 0.259. The third-order valence-electron chi connectivity index (χ3n) is 5.98. The molecule has 8 nitrogen and oxygen atoms in total. The molecule has 0 saturated heterocycles. The summed E-state index contributed by atoms with van der Waals surface area (Å²) in [7, 11) is -1.21. The predicted molar refractivity (Wildman–Crippen MR) is 139 cm³/mol. The van der Waals surface area contributed by atoms with Crippen LogP contribution in [0.1, 0.15) is 18.1 Å². The summed E-state index contributed by atoms with van der Waals surface area (Å²) < 4.78 is 34.0. The number of aryl methyl sites for hydroxylation is 1. The second-order valence-corrected chi connectivity index (χ2v) is 10.1. The number of hydrogen-bond donors (Lipinski definition) is 1. The lowest BCUT2D eigenvalue weighted by atomic mass is 10.1. The zero-order chi connectivity index (χ0) is 26.3. The van der Waals surface area contributed by atoms with Crippen molar-refractivity contribution >= 4 is 27.5 Å². The Bertz CT molecular complexity index is 1310. The average molecular weight is 510 g/mol. The van der Waals surface area contributed by atoms with E-state index in [0.29, 0.717) is 5.75 Å². The van der Waals surface area contributed by atoms with Crippen molar-refractivity contribution in [1.29, 1.82) is 0 Å². The van der Waals surface area contributed by atoms with Crippen molar-refractivity contribution in [3.05, 3.63) is 90.0 Å². The maximum Gasteiger partial charge on any atom is 0.264 e. The van der Waals surface area contributed by atoms with Crippen molar-refractivity contribution in [2.45, 2.75) is 31.3 Å². The van der Waals surface area contributed by atoms with Gasteiger partial charge in [0.25, 0.3) is 10.0 Å². The van der Waals surface area contributed by atoms with Gasteiger partial charge in [-0.05, 0) is 49.2 Å². The molecule has 0 bridgehead atoms. The van der Waals surface area contributed by atoms with E-state index < -0.39 is 28.5 Å². The lowest BCUT2D eigenvalue weighted by Gasteiger charge is -2.32. The van der Waals surface area contributed by atoms with Crippen LogP contribution in [0, 0.1) is 6.92 Å². The molecule has 1 N–H and O–H groups in total. The van der Waals surface area contributed by atoms with Crippen LogP contribution in [-0.2, 0) is 26.2 Å². The number of likely N-dealkylation sites (N-methyl/N-ethyl adjacent to an activating group) is 1. The molecular formula is C27H31N3O5S. The standard InChI is InChI=1S/C27H31N3O5S/c1-20-12-8-9-13-22(20)18-29(21(2)27(32)28-3)26(31)19-30(24-16-10-11-17-25(24)35-4)36(33,34)23-14-6-5-7-15-23/h5-17,21H,18-19H2,1-4H3,(H,28,32). The van der Waals surface area contributed by atoms with Gasteiger partial charge in [0.15, 0.2) is 0 Å². The van der Waals surface area contributed by atoms with Gasteiger partial charge in [0, 0.05) is 13.6 Å². The van der Waals surface area contributed by atoms with Crippen LogP contribution in [0.3, 0.4) is 0 Å². The number of ether oxygens (including phenoxy) is 1. The molecule has 0 aliphatic rings. The predicted octanol–water partition coefficient (Wildman–Crippen LogP) is 3.36. The molecule has 190 valence electrons. The quantitative estimate of drug-likeness (QED) is 0.452. The van der Waals surface area contributed by atoms with Crippen molar-refractivity contribution < 1.29 is 22.7 Å². The van der Waals surface area contributed by atoms with Crippen molar-refractivity contribution in [2.24, 2.45) is 0 Å². The summed E-state index contributed by atoms with van der Waals surface area (Å²) in [6.45, 7) is 3.16. The van der Waals surface area contributed by atoms with Crippen LogP contribution in [0.15, 0.2) is 83.8 Å². The summed E-state index contributed by atoms with van der Waals surface area (Å²) in [5.41, 5.74) is 2.04. The van der Waals surface area contributed by atoms with Gasteiger partial charge in [0.05, 0.1) is 17.7 Å². The molecule has 1 atom stereocenters. The van der Waals surface area contributed by atoms with Crippen LogP contribution in [0.4, 0.5) is 5.69 Å². The Balaban J connectivity index is 2.07. The molecule has 0 saturated carbocycles. The minimum Gasteiger partial charge on any atom is -0.495 e. The number of para-hydroxylation sites is 2. The summed E-state index contributed by atoms with van der Waals surface area (Å²) >= 11 is 0. The number of amides is 2. The molecular weight excluding hydrogens is 478 g/mol. The number of benzene rings is 3. The third-order valence-corrected chi connectivity index (χ3v) is 7.75. The second kappa shape index (κ2) is 11.7. The Kier molecular flexibility index (Phi) is 8.71. The molecule has 0 aliphatic carbocycles. The summed E-state index contributed by atoms with van der Waals surface area (Å²) in [5.74, 6) is -0.582. The maximum atomic E-state index is 13.8. The van der Waals surface area contributed by atoms with E-state index >= 15 is 0 Å². The number of methoxy groups -OCH3 is 1. The second-order valence-electron chi connectivity index (χ2n) is 8.23. The van der Waals surface area contributed by atoms with E-state index in [0.717, 1.165) is 15.4 Å². The van der Waals surface area contributed by atoms with E-state index in [2.05, 4.69) is 5.32 Å². The Morgan fingerprint density at radius 1 is 0.944 bits per heavy atom. The Morgan fingerprint density at radius 3 is 2.19 bits per heavy atom. The van der Waals surface area contributed by atoms with Crippen LogP contribution in [0.5, 0.6) is 5.75 Å². The first-order chi connectivity index (χ1) is 17.2. The van der Waals surface area contributed by atoms with Gasteiger partial charge in [-0.1, -0.05) is 54.6 Å². The normalized spacial score (nSPS) is 11.9. The third kappa shape index (κ3) is 5.85. The minimum atomic E-state index is -4.14. The van der Waals surface area contributed by atoms with Gasteiger partial charge in [-0.15, -0.1) is 0 Å². The molecule has 0 radical (unpaired) electrons. The largest absolute Gasteiger partial charge is 0.495 e. The van der Waals surface area contributed by atoms with E-state index in [9.17, 15) is 18.0 Å². The molecule has 3 aromatic carbocycles. The fourth-order valence-electron chi connectivity index (χ4n) is 3.83. The van der Waals surface area contributed by atoms with Gasteiger partial charge in [-0.25, -0.2) is 8.42 Å². The smallest absolute Gasteiger partial charge is 0.264 e. The Labute approximate surface area is 212 Å². The molecule has 0 aromatic heterocycles. The van der Waals surface area contributed by atoms with Crippen LogP contribution in [0.25, 0.3) is 0 Å². The van der Waals surface area contributed by atoms with Crippen molar-refractivity contribution in [3.63, 3.8) is 0 Å². The molecule has 36 heavy (non-hydrogen) atoms. The van der Waals surface area contributed by atoms with Crippen molar-refractivity contribution in [1.82, 2.24) is 10.2 Å². The van der Waals surface area contributed by atoms with Gasteiger partial charge >= 0.3 is 0 Å². The zero-order valence-electron chi connectivity index (χ0n) is 20.8. The first-order valence-electron chi connectivity index (χ1n) is 11.5. The lowest BCUT2D eigenvalue weighted by Crippen LogP contribution is -2.50. The fourth-order valence-corrected chi connectivity index (χ4v) is 5.28. The van der Waals surface area contributed by atoms with E-state index in [4.69, 9.17) is 4.74 Å². The molecule has 0 aliphatic heterocycles. The highest BCUT2D eigenvalue weighted by molar-refractivity contribution is 7.92. The summed E-state index contributed by atoms with van der Waals surface area (Å²) in [5, 5.41) is 2.58. The van der Waals surface area contributed by atoms with Crippen molar-refractivity contribution in [2.75, 3.05) is 25.0 Å². The van der Waals surface area contributed by atoms with Gasteiger partial charge in [0.2, 0.25) is 11.8 Å². The zero-order valence-corrected chi connectivity index (χ0v) is 21.7. The van der Waals surface area contributed by atoms with Crippen LogP contribution in [-0.4, -0.2) is 51.9 Å². The molecule has 0 spiro atoms. The number of carbonyl (C=O) groups excluding carboxylic acids is 2. The van der Waals surface area contributed by atoms with Gasteiger partial charge in [0.1, 0.15) is 18.3 Å². The first-order valence-corrected chi connectivity index (χ1v) is 12.9. The Morgan fingerprint density at radius 2 is 1.56 bits per heavy atom. The average Bonchev–Trinajstić information content (AvgIpc) is 2.90. The van der Waals surface area contributed by atoms with E-state index in [1.807, 2.05) is 31.2 Å². The molecule has 1 unspecified atom stereocenters. The Hall–Kier alpha value is -3.85. The number of carbonyl (C=O) groups is 2. The highest BCUT2D eigenvalue weighted by atomic mass is 32.2. The molecule has 0 heterocycles.